The molecular weight excluding hydrogens is 286 g/mol. The predicted molar refractivity (Wildman–Crippen MR) is 83.7 cm³/mol. The molecule has 21 heavy (non-hydrogen) atoms. The van der Waals surface area contributed by atoms with Crippen LogP contribution in [-0.4, -0.2) is 25.7 Å². The molecule has 2 rings (SSSR count). The highest BCUT2D eigenvalue weighted by atomic mass is 32.2. The summed E-state index contributed by atoms with van der Waals surface area (Å²) in [5, 5.41) is 9.64. The monoisotopic (exact) mass is 311 g/mol. The summed E-state index contributed by atoms with van der Waals surface area (Å²) in [5.41, 5.74) is 0.463. The topological polar surface area (TPSA) is 66.4 Å². The highest BCUT2D eigenvalue weighted by Crippen LogP contribution is 2.29. The van der Waals surface area contributed by atoms with Crippen molar-refractivity contribution in [2.24, 2.45) is 0 Å². The van der Waals surface area contributed by atoms with Crippen molar-refractivity contribution in [1.29, 1.82) is 0 Å². The molecule has 1 saturated carbocycles. The zero-order chi connectivity index (χ0) is 15.3. The first kappa shape index (κ1) is 16.5. The van der Waals surface area contributed by atoms with Gasteiger partial charge in [-0.2, -0.15) is 0 Å². The van der Waals surface area contributed by atoms with E-state index >= 15 is 0 Å². The highest BCUT2D eigenvalue weighted by molar-refractivity contribution is 7.89. The van der Waals surface area contributed by atoms with Crippen molar-refractivity contribution in [2.75, 3.05) is 6.61 Å². The van der Waals surface area contributed by atoms with Gasteiger partial charge in [-0.05, 0) is 37.0 Å². The van der Waals surface area contributed by atoms with Crippen LogP contribution >= 0.6 is 0 Å². The Balaban J connectivity index is 2.16. The van der Waals surface area contributed by atoms with Crippen LogP contribution in [0.5, 0.6) is 0 Å². The molecule has 0 atom stereocenters. The molecule has 0 amide bonds. The molecule has 0 heterocycles. The van der Waals surface area contributed by atoms with Gasteiger partial charge in [-0.25, -0.2) is 13.1 Å². The summed E-state index contributed by atoms with van der Waals surface area (Å²) in [6.45, 7) is 1.96. The van der Waals surface area contributed by atoms with Crippen LogP contribution in [0.3, 0.4) is 0 Å². The van der Waals surface area contributed by atoms with Crippen molar-refractivity contribution in [3.63, 3.8) is 0 Å². The van der Waals surface area contributed by atoms with E-state index in [2.05, 4.69) is 11.6 Å². The van der Waals surface area contributed by atoms with Crippen LogP contribution in [0.2, 0.25) is 0 Å². The van der Waals surface area contributed by atoms with Crippen molar-refractivity contribution >= 4 is 10.0 Å². The van der Waals surface area contributed by atoms with E-state index in [0.717, 1.165) is 37.7 Å². The maximum Gasteiger partial charge on any atom is 0.241 e. The van der Waals surface area contributed by atoms with Crippen molar-refractivity contribution < 1.29 is 13.5 Å². The van der Waals surface area contributed by atoms with E-state index in [-0.39, 0.29) is 11.5 Å². The van der Waals surface area contributed by atoms with E-state index in [1.54, 1.807) is 12.1 Å². The van der Waals surface area contributed by atoms with Crippen molar-refractivity contribution in [1.82, 2.24) is 4.72 Å². The Bertz CT molecular complexity index is 545. The highest BCUT2D eigenvalue weighted by Gasteiger charge is 2.35. The SMILES string of the molecule is CCCc1ccc(S(=O)(=O)NC2(CO)CCCCC2)cc1. The Morgan fingerprint density at radius 3 is 2.29 bits per heavy atom. The predicted octanol–water partition coefficient (Wildman–Crippen LogP) is 2.61. The van der Waals surface area contributed by atoms with E-state index in [0.29, 0.717) is 12.8 Å². The van der Waals surface area contributed by atoms with E-state index < -0.39 is 15.6 Å². The minimum atomic E-state index is -3.57. The average Bonchev–Trinajstić information content (AvgIpc) is 2.49. The molecule has 2 N–H and O–H groups in total. The number of aliphatic hydroxyl groups is 1. The van der Waals surface area contributed by atoms with Crippen LogP contribution in [0.15, 0.2) is 29.2 Å². The largest absolute Gasteiger partial charge is 0.394 e. The minimum Gasteiger partial charge on any atom is -0.394 e. The Labute approximate surface area is 127 Å². The molecule has 0 saturated heterocycles. The van der Waals surface area contributed by atoms with Crippen LogP contribution in [0.25, 0.3) is 0 Å². The third-order valence-corrected chi connectivity index (χ3v) is 5.83. The molecule has 1 fully saturated rings. The van der Waals surface area contributed by atoms with E-state index in [9.17, 15) is 13.5 Å². The normalized spacial score (nSPS) is 18.6. The third-order valence-electron chi connectivity index (χ3n) is 4.24. The summed E-state index contributed by atoms with van der Waals surface area (Å²) in [6.07, 6.45) is 6.42. The van der Waals surface area contributed by atoms with Gasteiger partial charge in [0.25, 0.3) is 0 Å². The number of hydrogen-bond acceptors (Lipinski definition) is 3. The molecule has 4 nitrogen and oxygen atoms in total. The number of aryl methyl sites for hydroxylation is 1. The fraction of sp³-hybridized carbons (Fsp3) is 0.625. The summed E-state index contributed by atoms with van der Waals surface area (Å²) in [5.74, 6) is 0. The average molecular weight is 311 g/mol. The number of nitrogens with one attached hydrogen (secondary N) is 1. The van der Waals surface area contributed by atoms with Gasteiger partial charge in [-0.1, -0.05) is 44.7 Å². The number of rotatable bonds is 6. The van der Waals surface area contributed by atoms with E-state index in [1.807, 2.05) is 12.1 Å². The molecule has 0 radical (unpaired) electrons. The van der Waals surface area contributed by atoms with Gasteiger partial charge in [-0.15, -0.1) is 0 Å². The zero-order valence-electron chi connectivity index (χ0n) is 12.6. The number of aliphatic hydroxyl groups excluding tert-OH is 1. The molecule has 1 aliphatic carbocycles. The van der Waals surface area contributed by atoms with Crippen LogP contribution in [0.1, 0.15) is 51.0 Å². The molecule has 1 aromatic rings. The second-order valence-electron chi connectivity index (χ2n) is 6.00. The molecule has 1 aliphatic rings. The number of sulfonamides is 1. The van der Waals surface area contributed by atoms with E-state index in [4.69, 9.17) is 0 Å². The Kier molecular flexibility index (Phi) is 5.41. The smallest absolute Gasteiger partial charge is 0.241 e. The summed E-state index contributed by atoms with van der Waals surface area (Å²) < 4.78 is 27.8. The lowest BCUT2D eigenvalue weighted by atomic mass is 9.83. The van der Waals surface area contributed by atoms with Gasteiger partial charge >= 0.3 is 0 Å². The zero-order valence-corrected chi connectivity index (χ0v) is 13.5. The van der Waals surface area contributed by atoms with E-state index in [1.165, 1.54) is 0 Å². The van der Waals surface area contributed by atoms with Gasteiger partial charge < -0.3 is 5.11 Å². The maximum atomic E-state index is 12.5. The first-order valence-electron chi connectivity index (χ1n) is 7.75. The fourth-order valence-corrected chi connectivity index (χ4v) is 4.44. The Hall–Kier alpha value is -0.910. The van der Waals surface area contributed by atoms with Gasteiger partial charge in [0.05, 0.1) is 17.0 Å². The molecule has 118 valence electrons. The second kappa shape index (κ2) is 6.90. The Morgan fingerprint density at radius 2 is 1.76 bits per heavy atom. The third kappa shape index (κ3) is 4.05. The van der Waals surface area contributed by atoms with Crippen LogP contribution in [0, 0.1) is 0 Å². The maximum absolute atomic E-state index is 12.5. The first-order valence-corrected chi connectivity index (χ1v) is 9.23. The van der Waals surface area contributed by atoms with Gasteiger partial charge in [-0.3, -0.25) is 0 Å². The number of hydrogen-bond donors (Lipinski definition) is 2. The van der Waals surface area contributed by atoms with Crippen molar-refractivity contribution in [3.05, 3.63) is 29.8 Å². The summed E-state index contributed by atoms with van der Waals surface area (Å²) in [4.78, 5) is 0.278. The molecular formula is C16H25NO3S. The molecule has 0 bridgehead atoms. The van der Waals surface area contributed by atoms with Gasteiger partial charge in [0.1, 0.15) is 0 Å². The van der Waals surface area contributed by atoms with Gasteiger partial charge in [0.15, 0.2) is 0 Å². The first-order chi connectivity index (χ1) is 10.0. The molecule has 0 spiro atoms. The van der Waals surface area contributed by atoms with Crippen LogP contribution < -0.4 is 4.72 Å². The molecule has 0 unspecified atom stereocenters. The van der Waals surface area contributed by atoms with Crippen molar-refractivity contribution in [2.45, 2.75) is 62.3 Å². The van der Waals surface area contributed by atoms with Crippen LogP contribution in [-0.2, 0) is 16.4 Å². The standard InChI is InChI=1S/C16H25NO3S/c1-2-6-14-7-9-15(10-8-14)21(19,20)17-16(13-18)11-4-3-5-12-16/h7-10,17-18H,2-6,11-13H2,1H3. The number of benzene rings is 1. The summed E-state index contributed by atoms with van der Waals surface area (Å²) in [7, 11) is -3.57. The Morgan fingerprint density at radius 1 is 1.14 bits per heavy atom. The second-order valence-corrected chi connectivity index (χ2v) is 7.68. The molecule has 5 heteroatoms. The fourth-order valence-electron chi connectivity index (χ4n) is 2.99. The van der Waals surface area contributed by atoms with Gasteiger partial charge in [0, 0.05) is 0 Å². The quantitative estimate of drug-likeness (QED) is 0.848. The summed E-state index contributed by atoms with van der Waals surface area (Å²) >= 11 is 0. The van der Waals surface area contributed by atoms with Crippen molar-refractivity contribution in [3.8, 4) is 0 Å². The molecule has 0 aromatic heterocycles. The minimum absolute atomic E-state index is 0.139. The lowest BCUT2D eigenvalue weighted by molar-refractivity contribution is 0.142. The molecule has 1 aromatic carbocycles. The summed E-state index contributed by atoms with van der Waals surface area (Å²) in [6, 6.07) is 7.04. The molecule has 0 aliphatic heterocycles. The van der Waals surface area contributed by atoms with Gasteiger partial charge in [0.2, 0.25) is 10.0 Å². The lowest BCUT2D eigenvalue weighted by Crippen LogP contribution is -2.52. The van der Waals surface area contributed by atoms with Crippen LogP contribution in [0.4, 0.5) is 0 Å². The lowest BCUT2D eigenvalue weighted by Gasteiger charge is -2.36.